The van der Waals surface area contributed by atoms with Crippen molar-refractivity contribution in [3.63, 3.8) is 0 Å². The zero-order valence-electron chi connectivity index (χ0n) is 7.85. The van der Waals surface area contributed by atoms with E-state index in [9.17, 15) is 8.42 Å². The molecule has 0 rings (SSSR count). The molecule has 0 radical (unpaired) electrons. The second-order valence-electron chi connectivity index (χ2n) is 2.00. The minimum absolute atomic E-state index is 0. The van der Waals surface area contributed by atoms with Gasteiger partial charge in [-0.25, -0.2) is 4.18 Å². The average Bonchev–Trinajstić information content (AvgIpc) is 2.02. The predicted molar refractivity (Wildman–Crippen MR) is 51.0 cm³/mol. The van der Waals surface area contributed by atoms with Gasteiger partial charge in [0.15, 0.2) is 6.29 Å². The number of hydrogen-bond acceptors (Lipinski definition) is 6. The predicted octanol–water partition coefficient (Wildman–Crippen LogP) is -0.0501. The monoisotopic (exact) mass is 238 g/mol. The van der Waals surface area contributed by atoms with E-state index in [1.807, 2.05) is 0 Å². The molecule has 0 saturated carbocycles. The molecule has 0 saturated heterocycles. The van der Waals surface area contributed by atoms with Crippen LogP contribution in [0, 0.1) is 0 Å². The number of ether oxygens (including phenoxy) is 1. The van der Waals surface area contributed by atoms with Crippen LogP contribution in [0.2, 0.25) is 0 Å². The molecular formula is C6H15NaO6S. The maximum atomic E-state index is 10.7. The van der Waals surface area contributed by atoms with Gasteiger partial charge in [0.2, 0.25) is 0 Å². The minimum atomic E-state index is -4.05. The van der Waals surface area contributed by atoms with E-state index in [1.165, 1.54) is 13.8 Å². The van der Waals surface area contributed by atoms with Crippen LogP contribution in [-0.2, 0) is 28.5 Å². The topological polar surface area (TPSA) is 71.1 Å². The van der Waals surface area contributed by atoms with E-state index < -0.39 is 16.7 Å². The molecular weight excluding hydrogens is 223 g/mol. The molecule has 0 aromatic heterocycles. The van der Waals surface area contributed by atoms with Crippen LogP contribution in [0.25, 0.3) is 0 Å². The Morgan fingerprint density at radius 3 is 2.21 bits per heavy atom. The fourth-order valence-corrected chi connectivity index (χ4v) is 1.06. The molecule has 8 heteroatoms. The van der Waals surface area contributed by atoms with E-state index in [4.69, 9.17) is 4.74 Å². The molecule has 0 aliphatic carbocycles. The SMILES string of the molecule is CCOC(C)OOS(=O)(=O)OCC.[NaH]. The third kappa shape index (κ3) is 9.35. The Hall–Kier alpha value is 0.790. The second-order valence-corrected chi connectivity index (χ2v) is 3.19. The summed E-state index contributed by atoms with van der Waals surface area (Å²) in [5, 5.41) is 0. The van der Waals surface area contributed by atoms with Crippen molar-refractivity contribution in [3.05, 3.63) is 0 Å². The van der Waals surface area contributed by atoms with Gasteiger partial charge >= 0.3 is 40.0 Å². The van der Waals surface area contributed by atoms with Crippen LogP contribution in [0.15, 0.2) is 0 Å². The van der Waals surface area contributed by atoms with Gasteiger partial charge in [-0.05, 0) is 20.8 Å². The summed E-state index contributed by atoms with van der Waals surface area (Å²) in [6, 6.07) is 0. The Kier molecular flexibility index (Phi) is 11.1. The van der Waals surface area contributed by atoms with Crippen molar-refractivity contribution in [1.29, 1.82) is 0 Å². The van der Waals surface area contributed by atoms with Crippen LogP contribution >= 0.6 is 0 Å². The van der Waals surface area contributed by atoms with E-state index in [-0.39, 0.29) is 36.2 Å². The van der Waals surface area contributed by atoms with E-state index >= 15 is 0 Å². The van der Waals surface area contributed by atoms with Crippen LogP contribution in [-0.4, -0.2) is 57.5 Å². The number of hydrogen-bond donors (Lipinski definition) is 0. The quantitative estimate of drug-likeness (QED) is 0.268. The van der Waals surface area contributed by atoms with Crippen molar-refractivity contribution in [1.82, 2.24) is 0 Å². The summed E-state index contributed by atoms with van der Waals surface area (Å²) < 4.78 is 34.5. The fraction of sp³-hybridized carbons (Fsp3) is 1.00. The Morgan fingerprint density at radius 1 is 1.21 bits per heavy atom. The molecule has 0 heterocycles. The van der Waals surface area contributed by atoms with E-state index in [1.54, 1.807) is 6.92 Å². The zero-order chi connectivity index (χ0) is 10.3. The number of rotatable bonds is 7. The molecule has 0 aliphatic rings. The third-order valence-electron chi connectivity index (χ3n) is 0.922. The second kappa shape index (κ2) is 9.05. The van der Waals surface area contributed by atoms with Gasteiger partial charge in [-0.2, -0.15) is 13.3 Å². The van der Waals surface area contributed by atoms with Crippen molar-refractivity contribution in [2.24, 2.45) is 0 Å². The van der Waals surface area contributed by atoms with Gasteiger partial charge in [0.1, 0.15) is 0 Å². The van der Waals surface area contributed by atoms with Crippen molar-refractivity contribution >= 4 is 40.0 Å². The molecule has 0 aromatic rings. The summed E-state index contributed by atoms with van der Waals surface area (Å²) in [7, 11) is -4.05. The standard InChI is InChI=1S/C6H14O6S.Na.H/c1-4-9-6(3)11-12-13(7,8)10-5-2;;/h6H,4-5H2,1-3H3;;. The van der Waals surface area contributed by atoms with Gasteiger partial charge in [-0.1, -0.05) is 4.33 Å². The van der Waals surface area contributed by atoms with Gasteiger partial charge in [0.05, 0.1) is 6.61 Å². The Bertz CT molecular complexity index is 216. The van der Waals surface area contributed by atoms with Crippen LogP contribution in [0.4, 0.5) is 0 Å². The molecule has 14 heavy (non-hydrogen) atoms. The molecule has 1 atom stereocenters. The van der Waals surface area contributed by atoms with Crippen LogP contribution in [0.5, 0.6) is 0 Å². The molecule has 0 amide bonds. The van der Waals surface area contributed by atoms with Gasteiger partial charge < -0.3 is 4.74 Å². The fourth-order valence-electron chi connectivity index (χ4n) is 0.530. The molecule has 1 unspecified atom stereocenters. The summed E-state index contributed by atoms with van der Waals surface area (Å²) in [5.74, 6) is 0. The van der Waals surface area contributed by atoms with Gasteiger partial charge in [-0.15, -0.1) is 0 Å². The van der Waals surface area contributed by atoms with Gasteiger partial charge in [0.25, 0.3) is 0 Å². The third-order valence-corrected chi connectivity index (χ3v) is 1.69. The van der Waals surface area contributed by atoms with E-state index in [0.29, 0.717) is 6.61 Å². The summed E-state index contributed by atoms with van der Waals surface area (Å²) in [5.41, 5.74) is 0. The molecule has 0 aliphatic heterocycles. The first-order chi connectivity index (χ1) is 6.02. The van der Waals surface area contributed by atoms with E-state index in [0.717, 1.165) is 0 Å². The maximum absolute atomic E-state index is 10.7. The molecule has 82 valence electrons. The molecule has 0 bridgehead atoms. The van der Waals surface area contributed by atoms with Gasteiger partial charge in [0, 0.05) is 6.61 Å². The molecule has 0 aromatic carbocycles. The van der Waals surface area contributed by atoms with Crippen molar-refractivity contribution in [3.8, 4) is 0 Å². The van der Waals surface area contributed by atoms with Crippen molar-refractivity contribution < 1.29 is 26.6 Å². The Balaban J connectivity index is 0. The zero-order valence-corrected chi connectivity index (χ0v) is 8.67. The van der Waals surface area contributed by atoms with Crippen LogP contribution in [0.1, 0.15) is 20.8 Å². The normalized spacial score (nSPS) is 13.4. The summed E-state index contributed by atoms with van der Waals surface area (Å²) in [6.45, 7) is 5.17. The van der Waals surface area contributed by atoms with Crippen LogP contribution in [0.3, 0.4) is 0 Å². The molecule has 0 spiro atoms. The van der Waals surface area contributed by atoms with Crippen molar-refractivity contribution in [2.45, 2.75) is 27.1 Å². The first kappa shape index (κ1) is 17.2. The Morgan fingerprint density at radius 2 is 1.79 bits per heavy atom. The van der Waals surface area contributed by atoms with Crippen LogP contribution < -0.4 is 0 Å². The molecule has 6 nitrogen and oxygen atoms in total. The van der Waals surface area contributed by atoms with Crippen molar-refractivity contribution in [2.75, 3.05) is 13.2 Å². The average molecular weight is 238 g/mol. The summed E-state index contributed by atoms with van der Waals surface area (Å²) in [4.78, 5) is 4.36. The molecule has 0 fully saturated rings. The first-order valence-electron chi connectivity index (χ1n) is 3.87. The summed E-state index contributed by atoms with van der Waals surface area (Å²) >= 11 is 0. The molecule has 0 N–H and O–H groups in total. The summed E-state index contributed by atoms with van der Waals surface area (Å²) in [6.07, 6.45) is -0.750. The van der Waals surface area contributed by atoms with E-state index in [2.05, 4.69) is 13.4 Å². The first-order valence-corrected chi connectivity index (χ1v) is 5.21. The van der Waals surface area contributed by atoms with Gasteiger partial charge in [-0.3, -0.25) is 0 Å². The Labute approximate surface area is 106 Å².